The van der Waals surface area contributed by atoms with Crippen LogP contribution in [-0.4, -0.2) is 18.2 Å². The number of hydrazone groups is 1. The van der Waals surface area contributed by atoms with Crippen LogP contribution >= 0.6 is 0 Å². The molecule has 4 nitrogen and oxygen atoms in total. The molecule has 23 heavy (non-hydrogen) atoms. The Morgan fingerprint density at radius 3 is 2.26 bits per heavy atom. The first-order chi connectivity index (χ1) is 11.1. The van der Waals surface area contributed by atoms with E-state index in [0.29, 0.717) is 12.2 Å². The van der Waals surface area contributed by atoms with Crippen LogP contribution in [0.1, 0.15) is 41.8 Å². The van der Waals surface area contributed by atoms with Crippen LogP contribution in [-0.2, 0) is 0 Å². The van der Waals surface area contributed by atoms with E-state index in [2.05, 4.69) is 17.5 Å². The Kier molecular flexibility index (Phi) is 5.92. The number of ether oxygens (including phenoxy) is 1. The molecule has 0 saturated carbocycles. The number of hydrogen-bond donors (Lipinski definition) is 1. The van der Waals surface area contributed by atoms with Gasteiger partial charge in [0.05, 0.1) is 12.3 Å². The van der Waals surface area contributed by atoms with Gasteiger partial charge in [-0.2, -0.15) is 5.10 Å². The number of nitrogens with zero attached hydrogens (tertiary/aromatic N) is 1. The Morgan fingerprint density at radius 2 is 1.65 bits per heavy atom. The molecule has 4 heteroatoms. The lowest BCUT2D eigenvalue weighted by Gasteiger charge is -2.06. The van der Waals surface area contributed by atoms with Gasteiger partial charge >= 0.3 is 0 Å². The van der Waals surface area contributed by atoms with Crippen molar-refractivity contribution in [3.63, 3.8) is 0 Å². The first kappa shape index (κ1) is 16.7. The van der Waals surface area contributed by atoms with E-state index in [1.165, 1.54) is 0 Å². The average Bonchev–Trinajstić information content (AvgIpc) is 2.58. The molecule has 120 valence electrons. The molecule has 0 radical (unpaired) electrons. The first-order valence-corrected chi connectivity index (χ1v) is 7.74. The Balaban J connectivity index is 1.99. The summed E-state index contributed by atoms with van der Waals surface area (Å²) in [4.78, 5) is 12.0. The van der Waals surface area contributed by atoms with Crippen LogP contribution in [0.4, 0.5) is 0 Å². The summed E-state index contributed by atoms with van der Waals surface area (Å²) >= 11 is 0. The Hall–Kier alpha value is -2.62. The van der Waals surface area contributed by atoms with Crippen molar-refractivity contribution in [3.05, 3.63) is 65.2 Å². The molecule has 0 aliphatic rings. The molecule has 1 N–H and O–H groups in total. The highest BCUT2D eigenvalue weighted by atomic mass is 16.5. The smallest absolute Gasteiger partial charge is 0.271 e. The molecule has 2 aromatic carbocycles. The summed E-state index contributed by atoms with van der Waals surface area (Å²) in [5.41, 5.74) is 5.98. The van der Waals surface area contributed by atoms with Gasteiger partial charge in [-0.05, 0) is 62.2 Å². The quantitative estimate of drug-likeness (QED) is 0.649. The van der Waals surface area contributed by atoms with E-state index in [4.69, 9.17) is 4.74 Å². The number of carbonyl (C=O) groups excluding carboxylic acids is 1. The largest absolute Gasteiger partial charge is 0.494 e. The highest BCUT2D eigenvalue weighted by Gasteiger charge is 2.04. The molecule has 0 heterocycles. The van der Waals surface area contributed by atoms with Gasteiger partial charge in [0.25, 0.3) is 5.91 Å². The van der Waals surface area contributed by atoms with E-state index in [0.717, 1.165) is 29.0 Å². The Bertz CT molecular complexity index is 674. The lowest BCUT2D eigenvalue weighted by atomic mass is 10.1. The first-order valence-electron chi connectivity index (χ1n) is 7.74. The van der Waals surface area contributed by atoms with Gasteiger partial charge in [-0.3, -0.25) is 4.79 Å². The van der Waals surface area contributed by atoms with E-state index in [9.17, 15) is 4.79 Å². The van der Waals surface area contributed by atoms with Crippen LogP contribution in [0.15, 0.2) is 53.6 Å². The average molecular weight is 310 g/mol. The molecule has 0 bridgehead atoms. The summed E-state index contributed by atoms with van der Waals surface area (Å²) in [5.74, 6) is 0.624. The second-order valence-corrected chi connectivity index (χ2v) is 5.38. The summed E-state index contributed by atoms with van der Waals surface area (Å²) in [6.45, 7) is 6.62. The summed E-state index contributed by atoms with van der Waals surface area (Å²) in [7, 11) is 0. The highest BCUT2D eigenvalue weighted by Crippen LogP contribution is 2.13. The third kappa shape index (κ3) is 4.95. The predicted octanol–water partition coefficient (Wildman–Crippen LogP) is 3.94. The number of rotatable bonds is 6. The third-order valence-corrected chi connectivity index (χ3v) is 3.38. The minimum Gasteiger partial charge on any atom is -0.494 e. The molecule has 0 atom stereocenters. The van der Waals surface area contributed by atoms with Crippen LogP contribution < -0.4 is 10.2 Å². The summed E-state index contributed by atoms with van der Waals surface area (Å²) in [6, 6.07) is 15.1. The van der Waals surface area contributed by atoms with Crippen LogP contribution in [0.5, 0.6) is 5.75 Å². The van der Waals surface area contributed by atoms with Gasteiger partial charge in [0.15, 0.2) is 0 Å². The maximum absolute atomic E-state index is 12.0. The Morgan fingerprint density at radius 1 is 1.04 bits per heavy atom. The van der Waals surface area contributed by atoms with Gasteiger partial charge in [0, 0.05) is 5.56 Å². The van der Waals surface area contributed by atoms with Crippen LogP contribution in [0.3, 0.4) is 0 Å². The number of amides is 1. The van der Waals surface area contributed by atoms with Gasteiger partial charge in [0.1, 0.15) is 5.75 Å². The van der Waals surface area contributed by atoms with Crippen LogP contribution in [0.25, 0.3) is 0 Å². The molecular weight excluding hydrogens is 288 g/mol. The molecule has 0 unspecified atom stereocenters. The minimum absolute atomic E-state index is 0.216. The van der Waals surface area contributed by atoms with Gasteiger partial charge in [-0.1, -0.05) is 24.6 Å². The van der Waals surface area contributed by atoms with Crippen LogP contribution in [0, 0.1) is 6.92 Å². The number of hydrogen-bond acceptors (Lipinski definition) is 3. The second-order valence-electron chi connectivity index (χ2n) is 5.38. The lowest BCUT2D eigenvalue weighted by molar-refractivity contribution is 0.0955. The van der Waals surface area contributed by atoms with E-state index in [-0.39, 0.29) is 5.91 Å². The maximum Gasteiger partial charge on any atom is 0.271 e. The van der Waals surface area contributed by atoms with E-state index >= 15 is 0 Å². The molecule has 2 rings (SSSR count). The monoisotopic (exact) mass is 310 g/mol. The topological polar surface area (TPSA) is 50.7 Å². The van der Waals surface area contributed by atoms with Crippen molar-refractivity contribution in [3.8, 4) is 5.75 Å². The standard InChI is InChI=1S/C19H22N2O2/c1-4-13-23-18-11-9-16(10-12-18)15(3)20-21-19(22)17-7-5-14(2)6-8-17/h5-12H,4,13H2,1-3H3,(H,21,22)/b20-15-. The van der Waals surface area contributed by atoms with Crippen molar-refractivity contribution in [2.24, 2.45) is 5.10 Å². The molecular formula is C19H22N2O2. The molecule has 0 aromatic heterocycles. The van der Waals surface area contributed by atoms with Crippen molar-refractivity contribution >= 4 is 11.6 Å². The molecule has 0 saturated heterocycles. The van der Waals surface area contributed by atoms with Gasteiger partial charge in [-0.25, -0.2) is 5.43 Å². The second kappa shape index (κ2) is 8.13. The molecule has 1 amide bonds. The fourth-order valence-electron chi connectivity index (χ4n) is 1.98. The maximum atomic E-state index is 12.0. The normalized spacial score (nSPS) is 11.2. The fraction of sp³-hybridized carbons (Fsp3) is 0.263. The molecule has 2 aromatic rings. The van der Waals surface area contributed by atoms with Crippen molar-refractivity contribution in [2.75, 3.05) is 6.61 Å². The fourth-order valence-corrected chi connectivity index (χ4v) is 1.98. The third-order valence-electron chi connectivity index (χ3n) is 3.38. The van der Waals surface area contributed by atoms with Crippen molar-refractivity contribution in [2.45, 2.75) is 27.2 Å². The van der Waals surface area contributed by atoms with Gasteiger partial charge < -0.3 is 4.74 Å². The summed E-state index contributed by atoms with van der Waals surface area (Å²) in [6.07, 6.45) is 0.979. The zero-order chi connectivity index (χ0) is 16.7. The Labute approximate surface area is 137 Å². The van der Waals surface area contributed by atoms with E-state index in [1.54, 1.807) is 12.1 Å². The highest BCUT2D eigenvalue weighted by molar-refractivity contribution is 6.00. The van der Waals surface area contributed by atoms with Crippen molar-refractivity contribution in [1.82, 2.24) is 5.43 Å². The van der Waals surface area contributed by atoms with Gasteiger partial charge in [-0.15, -0.1) is 0 Å². The van der Waals surface area contributed by atoms with E-state index < -0.39 is 0 Å². The SMILES string of the molecule is CCCOc1ccc(/C(C)=N\NC(=O)c2ccc(C)cc2)cc1. The number of benzene rings is 2. The lowest BCUT2D eigenvalue weighted by Crippen LogP contribution is -2.19. The molecule has 0 fully saturated rings. The molecule has 0 aliphatic heterocycles. The van der Waals surface area contributed by atoms with Crippen LogP contribution in [0.2, 0.25) is 0 Å². The zero-order valence-corrected chi connectivity index (χ0v) is 13.8. The predicted molar refractivity (Wildman–Crippen MR) is 93.1 cm³/mol. The van der Waals surface area contributed by atoms with Gasteiger partial charge in [0.2, 0.25) is 0 Å². The molecule has 0 aliphatic carbocycles. The summed E-state index contributed by atoms with van der Waals surface area (Å²) < 4.78 is 5.55. The van der Waals surface area contributed by atoms with E-state index in [1.807, 2.05) is 50.2 Å². The van der Waals surface area contributed by atoms with Crippen molar-refractivity contribution < 1.29 is 9.53 Å². The number of nitrogens with one attached hydrogen (secondary N) is 1. The minimum atomic E-state index is -0.216. The number of carbonyl (C=O) groups is 1. The number of aryl methyl sites for hydroxylation is 1. The van der Waals surface area contributed by atoms with Crippen molar-refractivity contribution in [1.29, 1.82) is 0 Å². The molecule has 0 spiro atoms. The zero-order valence-electron chi connectivity index (χ0n) is 13.8. The summed E-state index contributed by atoms with van der Waals surface area (Å²) in [5, 5.41) is 4.16.